The number of carbonyl (C=O) groups excluding carboxylic acids is 1. The Labute approximate surface area is 150 Å². The third kappa shape index (κ3) is 3.42. The topological polar surface area (TPSA) is 46.4 Å². The van der Waals surface area contributed by atoms with Crippen LogP contribution >= 0.6 is 23.4 Å². The molecular formula is C18H18ClN3OS. The fraction of sp³-hybridized carbons (Fsp3) is 0.222. The lowest BCUT2D eigenvalue weighted by atomic mass is 10.2. The molecule has 1 aromatic carbocycles. The van der Waals surface area contributed by atoms with E-state index in [0.717, 1.165) is 23.5 Å². The van der Waals surface area contributed by atoms with Crippen LogP contribution in [-0.2, 0) is 11.3 Å². The number of amidine groups is 1. The van der Waals surface area contributed by atoms with Crippen molar-refractivity contribution in [1.82, 2.24) is 9.88 Å². The van der Waals surface area contributed by atoms with Crippen molar-refractivity contribution in [3.05, 3.63) is 57.2 Å². The first-order valence-corrected chi connectivity index (χ1v) is 8.89. The smallest absolute Gasteiger partial charge is 0.264 e. The van der Waals surface area contributed by atoms with E-state index in [9.17, 15) is 4.79 Å². The van der Waals surface area contributed by atoms with Gasteiger partial charge in [0.15, 0.2) is 5.17 Å². The molecule has 0 aliphatic carbocycles. The van der Waals surface area contributed by atoms with Crippen molar-refractivity contribution < 1.29 is 4.79 Å². The van der Waals surface area contributed by atoms with Crippen molar-refractivity contribution in [2.24, 2.45) is 4.99 Å². The molecule has 24 heavy (non-hydrogen) atoms. The highest BCUT2D eigenvalue weighted by atomic mass is 35.5. The van der Waals surface area contributed by atoms with Crippen LogP contribution in [0.25, 0.3) is 6.08 Å². The molecule has 1 saturated heterocycles. The standard InChI is InChI=1S/C18H18ClN3OS/c1-4-22-11(2)8-13(12(22)3)9-16-17(23)21-18(24-16)20-15-7-5-6-14(19)10-15/h5-10H,4H2,1-3H3,(H,20,21,23)/b16-9-. The predicted octanol–water partition coefficient (Wildman–Crippen LogP) is 4.67. The summed E-state index contributed by atoms with van der Waals surface area (Å²) in [7, 11) is 0. The number of nitrogens with zero attached hydrogens (tertiary/aromatic N) is 2. The van der Waals surface area contributed by atoms with Crippen molar-refractivity contribution in [1.29, 1.82) is 0 Å². The number of rotatable bonds is 3. The third-order valence-corrected chi connectivity index (χ3v) is 5.05. The summed E-state index contributed by atoms with van der Waals surface area (Å²) in [5, 5.41) is 3.99. The van der Waals surface area contributed by atoms with Gasteiger partial charge in [0, 0.05) is 23.0 Å². The van der Waals surface area contributed by atoms with E-state index in [4.69, 9.17) is 11.6 Å². The van der Waals surface area contributed by atoms with Crippen molar-refractivity contribution in [2.45, 2.75) is 27.3 Å². The molecule has 1 amide bonds. The van der Waals surface area contributed by atoms with Crippen LogP contribution in [0.1, 0.15) is 23.9 Å². The van der Waals surface area contributed by atoms with Crippen LogP contribution in [0.15, 0.2) is 40.2 Å². The van der Waals surface area contributed by atoms with Crippen LogP contribution in [0.3, 0.4) is 0 Å². The van der Waals surface area contributed by atoms with Gasteiger partial charge in [0.25, 0.3) is 5.91 Å². The number of amides is 1. The number of hydrogen-bond acceptors (Lipinski definition) is 3. The van der Waals surface area contributed by atoms with Gasteiger partial charge in [0.05, 0.1) is 10.6 Å². The zero-order valence-electron chi connectivity index (χ0n) is 13.8. The molecule has 0 bridgehead atoms. The van der Waals surface area contributed by atoms with Crippen molar-refractivity contribution >= 4 is 46.2 Å². The zero-order valence-corrected chi connectivity index (χ0v) is 15.3. The minimum atomic E-state index is -0.123. The van der Waals surface area contributed by atoms with E-state index < -0.39 is 0 Å². The molecule has 1 aromatic heterocycles. The molecule has 1 N–H and O–H groups in total. The summed E-state index contributed by atoms with van der Waals surface area (Å²) in [6, 6.07) is 9.34. The Morgan fingerprint density at radius 3 is 2.79 bits per heavy atom. The molecule has 0 radical (unpaired) electrons. The second-order valence-corrected chi connectivity index (χ2v) is 7.00. The molecule has 4 nitrogen and oxygen atoms in total. The highest BCUT2D eigenvalue weighted by molar-refractivity contribution is 8.18. The Balaban J connectivity index is 1.87. The number of nitrogens with one attached hydrogen (secondary N) is 1. The number of halogens is 1. The largest absolute Gasteiger partial charge is 0.349 e. The Hall–Kier alpha value is -1.98. The van der Waals surface area contributed by atoms with Gasteiger partial charge in [-0.2, -0.15) is 0 Å². The lowest BCUT2D eigenvalue weighted by molar-refractivity contribution is -0.115. The summed E-state index contributed by atoms with van der Waals surface area (Å²) in [6.07, 6.45) is 1.93. The lowest BCUT2D eigenvalue weighted by Crippen LogP contribution is -2.19. The molecule has 1 aliphatic heterocycles. The van der Waals surface area contributed by atoms with E-state index >= 15 is 0 Å². The fourth-order valence-electron chi connectivity index (χ4n) is 2.75. The van der Waals surface area contributed by atoms with Gasteiger partial charge in [-0.05, 0) is 68.4 Å². The minimum Gasteiger partial charge on any atom is -0.349 e. The van der Waals surface area contributed by atoms with E-state index in [-0.39, 0.29) is 5.91 Å². The average Bonchev–Trinajstić information content (AvgIpc) is 2.99. The number of benzene rings is 1. The highest BCUT2D eigenvalue weighted by Crippen LogP contribution is 2.30. The summed E-state index contributed by atoms with van der Waals surface area (Å²) < 4.78 is 2.23. The maximum Gasteiger partial charge on any atom is 0.264 e. The molecule has 1 fully saturated rings. The second kappa shape index (κ2) is 6.87. The average molecular weight is 360 g/mol. The molecule has 6 heteroatoms. The van der Waals surface area contributed by atoms with E-state index in [1.54, 1.807) is 12.1 Å². The lowest BCUT2D eigenvalue weighted by Gasteiger charge is -2.04. The monoisotopic (exact) mass is 359 g/mol. The molecule has 0 atom stereocenters. The van der Waals surface area contributed by atoms with E-state index in [1.807, 2.05) is 18.2 Å². The molecule has 124 valence electrons. The van der Waals surface area contributed by atoms with Gasteiger partial charge in [-0.25, -0.2) is 4.99 Å². The summed E-state index contributed by atoms with van der Waals surface area (Å²) in [6.45, 7) is 7.18. The van der Waals surface area contributed by atoms with Gasteiger partial charge in [-0.3, -0.25) is 4.79 Å². The number of hydrogen-bond donors (Lipinski definition) is 1. The SMILES string of the molecule is CCn1c(C)cc(/C=C2\SC(=Nc3cccc(Cl)c3)NC2=O)c1C. The third-order valence-electron chi connectivity index (χ3n) is 3.91. The van der Waals surface area contributed by atoms with Crippen molar-refractivity contribution in [3.8, 4) is 0 Å². The number of carbonyl (C=O) groups is 1. The maximum absolute atomic E-state index is 12.2. The Morgan fingerprint density at radius 1 is 1.33 bits per heavy atom. The van der Waals surface area contributed by atoms with E-state index in [2.05, 4.69) is 41.7 Å². The number of thioether (sulfide) groups is 1. The molecule has 2 heterocycles. The summed E-state index contributed by atoms with van der Waals surface area (Å²) >= 11 is 7.31. The second-order valence-electron chi connectivity index (χ2n) is 5.53. The van der Waals surface area contributed by atoms with Gasteiger partial charge in [0.1, 0.15) is 0 Å². The fourth-order valence-corrected chi connectivity index (χ4v) is 3.76. The summed E-state index contributed by atoms with van der Waals surface area (Å²) in [5.41, 5.74) is 4.14. The first kappa shape index (κ1) is 16.9. The molecule has 2 aromatic rings. The molecular weight excluding hydrogens is 342 g/mol. The van der Waals surface area contributed by atoms with Gasteiger partial charge in [-0.15, -0.1) is 0 Å². The Kier molecular flexibility index (Phi) is 4.83. The van der Waals surface area contributed by atoms with Gasteiger partial charge < -0.3 is 9.88 Å². The van der Waals surface area contributed by atoms with Gasteiger partial charge >= 0.3 is 0 Å². The number of aryl methyl sites for hydroxylation is 1. The normalized spacial score (nSPS) is 17.8. The van der Waals surface area contributed by atoms with Crippen molar-refractivity contribution in [2.75, 3.05) is 0 Å². The minimum absolute atomic E-state index is 0.123. The molecule has 0 saturated carbocycles. The predicted molar refractivity (Wildman–Crippen MR) is 102 cm³/mol. The van der Waals surface area contributed by atoms with Gasteiger partial charge in [0.2, 0.25) is 0 Å². The first-order chi connectivity index (χ1) is 11.5. The zero-order chi connectivity index (χ0) is 17.3. The molecule has 0 unspecified atom stereocenters. The van der Waals surface area contributed by atoms with Gasteiger partial charge in [-0.1, -0.05) is 17.7 Å². The van der Waals surface area contributed by atoms with Crippen LogP contribution in [-0.4, -0.2) is 15.6 Å². The molecule has 1 aliphatic rings. The molecule has 3 rings (SSSR count). The van der Waals surface area contributed by atoms with E-state index in [1.165, 1.54) is 17.5 Å². The summed E-state index contributed by atoms with van der Waals surface area (Å²) in [5.74, 6) is -0.123. The maximum atomic E-state index is 12.2. The number of aromatic nitrogens is 1. The Bertz CT molecular complexity index is 867. The Morgan fingerprint density at radius 2 is 2.12 bits per heavy atom. The van der Waals surface area contributed by atoms with Crippen LogP contribution in [0, 0.1) is 13.8 Å². The van der Waals surface area contributed by atoms with Crippen LogP contribution < -0.4 is 5.32 Å². The van der Waals surface area contributed by atoms with Crippen LogP contribution in [0.5, 0.6) is 0 Å². The van der Waals surface area contributed by atoms with Crippen LogP contribution in [0.4, 0.5) is 5.69 Å². The highest BCUT2D eigenvalue weighted by Gasteiger charge is 2.24. The quantitative estimate of drug-likeness (QED) is 0.809. The number of aliphatic imine (C=N–C) groups is 1. The van der Waals surface area contributed by atoms with E-state index in [0.29, 0.717) is 15.1 Å². The summed E-state index contributed by atoms with van der Waals surface area (Å²) in [4.78, 5) is 17.3. The van der Waals surface area contributed by atoms with Crippen LogP contribution in [0.2, 0.25) is 5.02 Å². The molecule has 0 spiro atoms. The van der Waals surface area contributed by atoms with Crippen molar-refractivity contribution in [3.63, 3.8) is 0 Å². The first-order valence-electron chi connectivity index (χ1n) is 7.70.